The number of ether oxygens (including phenoxy) is 4. The van der Waals surface area contributed by atoms with Gasteiger partial charge in [0.2, 0.25) is 0 Å². The predicted molar refractivity (Wildman–Crippen MR) is 116 cm³/mol. The zero-order chi connectivity index (χ0) is 25.4. The number of rotatable bonds is 7. The molecule has 0 aromatic rings. The number of aliphatic hydroxyl groups excluding tert-OH is 5. The van der Waals surface area contributed by atoms with Crippen molar-refractivity contribution in [1.82, 2.24) is 5.32 Å². The van der Waals surface area contributed by atoms with Gasteiger partial charge in [0.15, 0.2) is 12.6 Å². The second kappa shape index (κ2) is 11.2. The first-order valence-corrected chi connectivity index (χ1v) is 11.5. The molecule has 0 amide bonds. The number of nitrogens with one attached hydrogen (secondary N) is 1. The highest BCUT2D eigenvalue weighted by Crippen LogP contribution is 2.32. The van der Waals surface area contributed by atoms with E-state index < -0.39 is 85.1 Å². The molecule has 2 heterocycles. The third kappa shape index (κ3) is 5.55. The average Bonchev–Trinajstić information content (AvgIpc) is 2.77. The van der Waals surface area contributed by atoms with Gasteiger partial charge >= 0.3 is 0 Å². The fourth-order valence-corrected chi connectivity index (χ4v) is 4.96. The Morgan fingerprint density at radius 3 is 2.09 bits per heavy atom. The van der Waals surface area contributed by atoms with Crippen LogP contribution in [0.5, 0.6) is 0 Å². The molecule has 14 atom stereocenters. The van der Waals surface area contributed by atoms with Gasteiger partial charge in [0, 0.05) is 18.7 Å². The van der Waals surface area contributed by atoms with Crippen LogP contribution in [0, 0.1) is 0 Å². The van der Waals surface area contributed by atoms with Crippen molar-refractivity contribution in [3.05, 3.63) is 0 Å². The number of likely N-dealkylation sites (N-methyl/N-ethyl adjacent to an activating group) is 1. The summed E-state index contributed by atoms with van der Waals surface area (Å²) in [6.07, 6.45) is -10.7. The topological polar surface area (TPSA) is 248 Å². The summed E-state index contributed by atoms with van der Waals surface area (Å²) in [4.78, 5) is 0. The molecule has 0 spiro atoms. The molecule has 1 aliphatic carbocycles. The molecule has 0 aromatic carbocycles. The number of hydrogen-bond donors (Lipinski definition) is 10. The lowest BCUT2D eigenvalue weighted by molar-refractivity contribution is -0.315. The fourth-order valence-electron chi connectivity index (χ4n) is 4.96. The molecule has 0 unspecified atom stereocenters. The predicted octanol–water partition coefficient (Wildman–Crippen LogP) is -5.61. The highest BCUT2D eigenvalue weighted by Gasteiger charge is 2.52. The Bertz CT molecular complexity index is 663. The molecule has 0 aromatic heterocycles. The Morgan fingerprint density at radius 1 is 0.941 bits per heavy atom. The van der Waals surface area contributed by atoms with Crippen molar-refractivity contribution >= 4 is 0 Å². The first kappa shape index (κ1) is 28.0. The third-order valence-corrected chi connectivity index (χ3v) is 6.95. The molecule has 14 heteroatoms. The molecule has 2 saturated heterocycles. The fraction of sp³-hybridized carbons (Fsp3) is 1.00. The van der Waals surface area contributed by atoms with E-state index in [0.717, 1.165) is 0 Å². The molecule has 1 saturated carbocycles. The van der Waals surface area contributed by atoms with Crippen LogP contribution in [0.2, 0.25) is 0 Å². The van der Waals surface area contributed by atoms with Crippen molar-refractivity contribution in [2.45, 2.75) is 105 Å². The van der Waals surface area contributed by atoms with Crippen molar-refractivity contribution in [2.75, 3.05) is 20.3 Å². The minimum atomic E-state index is -1.39. The van der Waals surface area contributed by atoms with Crippen LogP contribution in [0.15, 0.2) is 0 Å². The van der Waals surface area contributed by atoms with Crippen LogP contribution < -0.4 is 22.5 Å². The SMILES string of the molecule is CN[C@@H]1[C@@H](O)[C@@H](O[C@@H]2[C@@H](O)[C@H](O[C@@H]3O[C@H](CCO)[C@@H](O)[C@H](O)[C@H]3N)[C@@H](N)C[C@H]2N)OC[C@]1(C)O. The number of aliphatic hydroxyl groups is 6. The van der Waals surface area contributed by atoms with Gasteiger partial charge < -0.3 is 72.1 Å². The summed E-state index contributed by atoms with van der Waals surface area (Å²) in [5, 5.41) is 64.6. The van der Waals surface area contributed by atoms with Gasteiger partial charge in [0.25, 0.3) is 0 Å². The highest BCUT2D eigenvalue weighted by molar-refractivity contribution is 5.02. The maximum Gasteiger partial charge on any atom is 0.185 e. The van der Waals surface area contributed by atoms with E-state index in [1.165, 1.54) is 6.92 Å². The van der Waals surface area contributed by atoms with E-state index in [0.29, 0.717) is 0 Å². The molecule has 0 radical (unpaired) electrons. The Morgan fingerprint density at radius 2 is 1.53 bits per heavy atom. The Balaban J connectivity index is 1.71. The smallest absolute Gasteiger partial charge is 0.185 e. The van der Waals surface area contributed by atoms with Crippen molar-refractivity contribution in [1.29, 1.82) is 0 Å². The lowest BCUT2D eigenvalue weighted by atomic mass is 9.84. The second-order valence-corrected chi connectivity index (χ2v) is 9.66. The average molecular weight is 497 g/mol. The van der Waals surface area contributed by atoms with Gasteiger partial charge in [-0.2, -0.15) is 0 Å². The molecule has 3 aliphatic rings. The molecule has 34 heavy (non-hydrogen) atoms. The van der Waals surface area contributed by atoms with Crippen LogP contribution >= 0.6 is 0 Å². The van der Waals surface area contributed by atoms with Crippen LogP contribution in [0.1, 0.15) is 19.8 Å². The van der Waals surface area contributed by atoms with E-state index in [1.54, 1.807) is 7.05 Å². The van der Waals surface area contributed by atoms with Gasteiger partial charge in [-0.15, -0.1) is 0 Å². The van der Waals surface area contributed by atoms with Crippen LogP contribution in [0.3, 0.4) is 0 Å². The van der Waals surface area contributed by atoms with Crippen molar-refractivity contribution in [3.63, 3.8) is 0 Å². The van der Waals surface area contributed by atoms with E-state index in [9.17, 15) is 30.6 Å². The summed E-state index contributed by atoms with van der Waals surface area (Å²) < 4.78 is 22.9. The quantitative estimate of drug-likeness (QED) is 0.158. The van der Waals surface area contributed by atoms with Gasteiger partial charge in [-0.05, 0) is 26.8 Å². The Hall–Kier alpha value is -0.560. The van der Waals surface area contributed by atoms with E-state index in [4.69, 9.17) is 36.1 Å². The van der Waals surface area contributed by atoms with Gasteiger partial charge in [-0.25, -0.2) is 0 Å². The summed E-state index contributed by atoms with van der Waals surface area (Å²) in [7, 11) is 1.58. The molecule has 13 N–H and O–H groups in total. The first-order chi connectivity index (χ1) is 15.9. The minimum Gasteiger partial charge on any atom is -0.396 e. The van der Waals surface area contributed by atoms with Gasteiger partial charge in [0.1, 0.15) is 42.2 Å². The van der Waals surface area contributed by atoms with Gasteiger partial charge in [-0.1, -0.05) is 0 Å². The molecule has 0 bridgehead atoms. The molecule has 14 nitrogen and oxygen atoms in total. The molecule has 3 fully saturated rings. The van der Waals surface area contributed by atoms with E-state index in [2.05, 4.69) is 5.32 Å². The zero-order valence-corrected chi connectivity index (χ0v) is 19.4. The standard InChI is InChI=1S/C20H40N4O10/c1-20(30)6-31-19(14(29)17(20)24-2)34-16-8(22)5-7(21)15(13(16)28)33-18-10(23)12(27)11(26)9(32-18)3-4-25/h7-19,24-30H,3-6,21-23H2,1-2H3/t7-,8+,9+,10+,11+,12+,13-,14+,15+,16-,17+,18-,19+,20-/m0/s1. The van der Waals surface area contributed by atoms with Crippen LogP contribution in [0.25, 0.3) is 0 Å². The summed E-state index contributed by atoms with van der Waals surface area (Å²) >= 11 is 0. The summed E-state index contributed by atoms with van der Waals surface area (Å²) in [6, 6.07) is -3.39. The van der Waals surface area contributed by atoms with Crippen LogP contribution in [-0.4, -0.2) is 136 Å². The Labute approximate surface area is 197 Å². The second-order valence-electron chi connectivity index (χ2n) is 9.66. The third-order valence-electron chi connectivity index (χ3n) is 6.95. The lowest BCUT2D eigenvalue weighted by Gasteiger charge is -2.49. The normalized spacial score (nSPS) is 52.5. The monoisotopic (exact) mass is 496 g/mol. The molecule has 3 rings (SSSR count). The first-order valence-electron chi connectivity index (χ1n) is 11.5. The highest BCUT2D eigenvalue weighted by atomic mass is 16.7. The van der Waals surface area contributed by atoms with Crippen LogP contribution in [0.4, 0.5) is 0 Å². The van der Waals surface area contributed by atoms with E-state index in [-0.39, 0.29) is 26.1 Å². The number of hydrogen-bond acceptors (Lipinski definition) is 14. The van der Waals surface area contributed by atoms with Crippen molar-refractivity contribution in [2.24, 2.45) is 17.2 Å². The maximum atomic E-state index is 11.1. The number of nitrogens with two attached hydrogens (primary N) is 3. The van der Waals surface area contributed by atoms with Crippen LogP contribution in [-0.2, 0) is 18.9 Å². The van der Waals surface area contributed by atoms with Crippen molar-refractivity contribution in [3.8, 4) is 0 Å². The molecular formula is C20H40N4O10. The molecule has 200 valence electrons. The van der Waals surface area contributed by atoms with E-state index >= 15 is 0 Å². The van der Waals surface area contributed by atoms with Gasteiger partial charge in [0.05, 0.1) is 24.8 Å². The Kier molecular flexibility index (Phi) is 9.25. The maximum absolute atomic E-state index is 11.1. The van der Waals surface area contributed by atoms with E-state index in [1.807, 2.05) is 0 Å². The summed E-state index contributed by atoms with van der Waals surface area (Å²) in [6.45, 7) is 1.09. The summed E-state index contributed by atoms with van der Waals surface area (Å²) in [5.41, 5.74) is 17.0. The summed E-state index contributed by atoms with van der Waals surface area (Å²) in [5.74, 6) is 0. The lowest BCUT2D eigenvalue weighted by Crippen LogP contribution is -2.69. The zero-order valence-electron chi connectivity index (χ0n) is 19.4. The largest absolute Gasteiger partial charge is 0.396 e. The van der Waals surface area contributed by atoms with Gasteiger partial charge in [-0.3, -0.25) is 0 Å². The van der Waals surface area contributed by atoms with Crippen molar-refractivity contribution < 1.29 is 49.6 Å². The minimum absolute atomic E-state index is 0.0357. The molecule has 2 aliphatic heterocycles. The molecular weight excluding hydrogens is 456 g/mol.